The van der Waals surface area contributed by atoms with Crippen LogP contribution in [0.1, 0.15) is 279 Å². The fourth-order valence-electron chi connectivity index (χ4n) is 7.97. The van der Waals surface area contributed by atoms with Crippen molar-refractivity contribution in [2.75, 3.05) is 26.4 Å². The number of carbonyl (C=O) groups is 2. The molecule has 2 amide bonds. The molecule has 0 aromatic rings. The van der Waals surface area contributed by atoms with Crippen LogP contribution >= 0.6 is 0 Å². The monoisotopic (exact) mass is 821 g/mol. The van der Waals surface area contributed by atoms with Crippen LogP contribution in [0.25, 0.3) is 0 Å². The van der Waals surface area contributed by atoms with Gasteiger partial charge in [0.05, 0.1) is 18.8 Å². The Hall–Kier alpha value is -1.14. The molecule has 0 saturated heterocycles. The largest absolute Gasteiger partial charge is 0.377 e. The van der Waals surface area contributed by atoms with Crippen molar-refractivity contribution in [2.24, 2.45) is 5.92 Å². The standard InChI is InChI=1S/C52H104N2O4/c1-7-9-11-13-15-17-19-21-23-25-27-29-31-33-35-37-39-49(40-38-36-34-32-30-28-26-24-22-20-18-16-14-12-10-8-2)54-51(56)42-41-50(55)53-44-46-57-47-52(5,6)58-45-43-48(3)4/h48-49H,7-47H2,1-6H3,(H,53,55)(H,54,56). The highest BCUT2D eigenvalue weighted by Gasteiger charge is 2.19. The van der Waals surface area contributed by atoms with E-state index in [9.17, 15) is 9.59 Å². The Morgan fingerprint density at radius 1 is 0.466 bits per heavy atom. The predicted molar refractivity (Wildman–Crippen MR) is 253 cm³/mol. The molecular weight excluding hydrogens is 717 g/mol. The maximum atomic E-state index is 13.0. The van der Waals surface area contributed by atoms with Crippen LogP contribution in [0.2, 0.25) is 0 Å². The highest BCUT2D eigenvalue weighted by molar-refractivity contribution is 5.83. The molecule has 346 valence electrons. The second-order valence-corrected chi connectivity index (χ2v) is 19.1. The van der Waals surface area contributed by atoms with Gasteiger partial charge >= 0.3 is 0 Å². The number of carbonyl (C=O) groups excluding carboxylic acids is 2. The lowest BCUT2D eigenvalue weighted by Crippen LogP contribution is -2.36. The van der Waals surface area contributed by atoms with E-state index in [-0.39, 0.29) is 36.3 Å². The Balaban J connectivity index is 4.29. The molecule has 0 unspecified atom stereocenters. The molecule has 0 aliphatic heterocycles. The van der Waals surface area contributed by atoms with Crippen molar-refractivity contribution in [2.45, 2.75) is 291 Å². The molecule has 0 atom stereocenters. The maximum Gasteiger partial charge on any atom is 0.220 e. The minimum Gasteiger partial charge on any atom is -0.377 e. The van der Waals surface area contributed by atoms with Crippen molar-refractivity contribution in [1.82, 2.24) is 10.6 Å². The van der Waals surface area contributed by atoms with Crippen LogP contribution in [0, 0.1) is 5.92 Å². The zero-order valence-electron chi connectivity index (χ0n) is 40.3. The lowest BCUT2D eigenvalue weighted by atomic mass is 9.99. The van der Waals surface area contributed by atoms with E-state index in [2.05, 4.69) is 38.3 Å². The van der Waals surface area contributed by atoms with E-state index in [1.807, 2.05) is 13.8 Å². The summed E-state index contributed by atoms with van der Waals surface area (Å²) in [6.07, 6.45) is 47.7. The van der Waals surface area contributed by atoms with Crippen molar-refractivity contribution in [1.29, 1.82) is 0 Å². The number of amides is 2. The minimum atomic E-state index is -0.341. The molecule has 0 aliphatic rings. The number of unbranched alkanes of at least 4 members (excludes halogenated alkanes) is 30. The van der Waals surface area contributed by atoms with Crippen molar-refractivity contribution in [3.63, 3.8) is 0 Å². The SMILES string of the molecule is CCCCCCCCCCCCCCCCCCC(CCCCCCCCCCCCCCCCCC)NC(=O)CCC(=O)NCCOCC(C)(C)OCCC(C)C. The highest BCUT2D eigenvalue weighted by atomic mass is 16.5. The second kappa shape index (κ2) is 43.9. The number of rotatable bonds is 47. The average Bonchev–Trinajstić information content (AvgIpc) is 3.19. The van der Waals surface area contributed by atoms with Gasteiger partial charge in [-0.1, -0.05) is 233 Å². The Kier molecular flexibility index (Phi) is 43.1. The smallest absolute Gasteiger partial charge is 0.220 e. The van der Waals surface area contributed by atoms with Gasteiger partial charge in [0.15, 0.2) is 0 Å². The van der Waals surface area contributed by atoms with Gasteiger partial charge in [-0.05, 0) is 39.0 Å². The van der Waals surface area contributed by atoms with E-state index in [4.69, 9.17) is 9.47 Å². The van der Waals surface area contributed by atoms with E-state index in [1.54, 1.807) is 0 Å². The van der Waals surface area contributed by atoms with Gasteiger partial charge in [0.2, 0.25) is 11.8 Å². The molecule has 0 aliphatic carbocycles. The van der Waals surface area contributed by atoms with E-state index in [0.717, 1.165) is 25.9 Å². The highest BCUT2D eigenvalue weighted by Crippen LogP contribution is 2.18. The molecule has 2 N–H and O–H groups in total. The molecule has 0 fully saturated rings. The molecule has 0 bridgehead atoms. The maximum absolute atomic E-state index is 13.0. The quantitative estimate of drug-likeness (QED) is 0.0600. The summed E-state index contributed by atoms with van der Waals surface area (Å²) < 4.78 is 11.7. The van der Waals surface area contributed by atoms with Crippen LogP contribution in [0.3, 0.4) is 0 Å². The molecular formula is C52H104N2O4. The first-order valence-electron chi connectivity index (χ1n) is 26.0. The van der Waals surface area contributed by atoms with Gasteiger partial charge < -0.3 is 20.1 Å². The van der Waals surface area contributed by atoms with E-state index in [0.29, 0.717) is 25.7 Å². The minimum absolute atomic E-state index is 0.0182. The van der Waals surface area contributed by atoms with Gasteiger partial charge in [-0.25, -0.2) is 0 Å². The third-order valence-corrected chi connectivity index (χ3v) is 12.0. The number of nitrogens with one attached hydrogen (secondary N) is 2. The average molecular weight is 821 g/mol. The number of hydrogen-bond donors (Lipinski definition) is 2. The lowest BCUT2D eigenvalue weighted by Gasteiger charge is -2.25. The van der Waals surface area contributed by atoms with Gasteiger partial charge in [-0.2, -0.15) is 0 Å². The third-order valence-electron chi connectivity index (χ3n) is 12.0. The molecule has 0 spiro atoms. The van der Waals surface area contributed by atoms with Crippen LogP contribution in [0.5, 0.6) is 0 Å². The fraction of sp³-hybridized carbons (Fsp3) is 0.962. The zero-order chi connectivity index (χ0) is 42.6. The third kappa shape index (κ3) is 44.4. The normalized spacial score (nSPS) is 11.9. The summed E-state index contributed by atoms with van der Waals surface area (Å²) >= 11 is 0. The molecule has 0 rings (SSSR count). The van der Waals surface area contributed by atoms with Crippen molar-refractivity contribution in [3.05, 3.63) is 0 Å². The van der Waals surface area contributed by atoms with Crippen LogP contribution in [0.15, 0.2) is 0 Å². The fourth-order valence-corrected chi connectivity index (χ4v) is 7.97. The number of ether oxygens (including phenoxy) is 2. The molecule has 0 radical (unpaired) electrons. The topological polar surface area (TPSA) is 76.7 Å². The Morgan fingerprint density at radius 2 is 0.810 bits per heavy atom. The summed E-state index contributed by atoms with van der Waals surface area (Å²) in [4.78, 5) is 25.5. The summed E-state index contributed by atoms with van der Waals surface area (Å²) in [6, 6.07) is 0.230. The summed E-state index contributed by atoms with van der Waals surface area (Å²) in [5.41, 5.74) is -0.341. The van der Waals surface area contributed by atoms with E-state index >= 15 is 0 Å². The van der Waals surface area contributed by atoms with Crippen LogP contribution in [-0.4, -0.2) is 49.8 Å². The predicted octanol–water partition coefficient (Wildman–Crippen LogP) is 15.5. The Labute approximate surface area is 363 Å². The van der Waals surface area contributed by atoms with E-state index < -0.39 is 0 Å². The number of hydrogen-bond acceptors (Lipinski definition) is 4. The van der Waals surface area contributed by atoms with E-state index in [1.165, 1.54) is 205 Å². The van der Waals surface area contributed by atoms with Crippen LogP contribution < -0.4 is 10.6 Å². The van der Waals surface area contributed by atoms with Gasteiger partial charge in [-0.15, -0.1) is 0 Å². The van der Waals surface area contributed by atoms with Crippen molar-refractivity contribution in [3.8, 4) is 0 Å². The van der Waals surface area contributed by atoms with Gasteiger partial charge in [-0.3, -0.25) is 9.59 Å². The molecule has 0 heterocycles. The van der Waals surface area contributed by atoms with Gasteiger partial charge in [0.1, 0.15) is 0 Å². The van der Waals surface area contributed by atoms with Gasteiger partial charge in [0.25, 0.3) is 0 Å². The Bertz CT molecular complexity index is 826. The van der Waals surface area contributed by atoms with Crippen molar-refractivity contribution < 1.29 is 19.1 Å². The molecule has 6 nitrogen and oxygen atoms in total. The first-order valence-corrected chi connectivity index (χ1v) is 26.0. The zero-order valence-corrected chi connectivity index (χ0v) is 40.3. The summed E-state index contributed by atoms with van der Waals surface area (Å²) in [5, 5.41) is 6.26. The summed E-state index contributed by atoms with van der Waals surface area (Å²) in [5.74, 6) is 0.551. The molecule has 6 heteroatoms. The summed E-state index contributed by atoms with van der Waals surface area (Å²) in [6.45, 7) is 15.2. The molecule has 0 aromatic carbocycles. The lowest BCUT2D eigenvalue weighted by molar-refractivity contribution is -0.127. The second-order valence-electron chi connectivity index (χ2n) is 19.1. The van der Waals surface area contributed by atoms with Gasteiger partial charge in [0, 0.05) is 32.0 Å². The molecule has 58 heavy (non-hydrogen) atoms. The van der Waals surface area contributed by atoms with Crippen LogP contribution in [-0.2, 0) is 19.1 Å². The van der Waals surface area contributed by atoms with Crippen LogP contribution in [0.4, 0.5) is 0 Å². The van der Waals surface area contributed by atoms with Crippen molar-refractivity contribution >= 4 is 11.8 Å². The Morgan fingerprint density at radius 3 is 1.17 bits per heavy atom. The summed E-state index contributed by atoms with van der Waals surface area (Å²) in [7, 11) is 0. The molecule has 0 aromatic heterocycles. The molecule has 0 saturated carbocycles. The first kappa shape index (κ1) is 56.9. The first-order chi connectivity index (χ1) is 28.2.